The van der Waals surface area contributed by atoms with Gasteiger partial charge in [-0.2, -0.15) is 0 Å². The zero-order chi connectivity index (χ0) is 22.4. The number of benzene rings is 2. The molecule has 0 unspecified atom stereocenters. The van der Waals surface area contributed by atoms with Crippen molar-refractivity contribution >= 4 is 17.2 Å². The van der Waals surface area contributed by atoms with E-state index in [0.29, 0.717) is 5.88 Å². The number of hydrogen-bond donors (Lipinski definition) is 1. The Kier molecular flexibility index (Phi) is 11.5. The van der Waals surface area contributed by atoms with Gasteiger partial charge >= 0.3 is 0 Å². The highest BCUT2D eigenvalue weighted by Gasteiger charge is 2.13. The van der Waals surface area contributed by atoms with Crippen LogP contribution < -0.4 is 10.1 Å². The second-order valence-electron chi connectivity index (χ2n) is 5.56. The molecule has 2 heterocycles. The van der Waals surface area contributed by atoms with Crippen molar-refractivity contribution in [2.45, 2.75) is 54.9 Å². The van der Waals surface area contributed by atoms with E-state index in [1.807, 2.05) is 90.9 Å². The Hall–Kier alpha value is -3.21. The summed E-state index contributed by atoms with van der Waals surface area (Å²) in [5, 5.41) is 3.36. The zero-order valence-corrected chi connectivity index (χ0v) is 19.2. The highest BCUT2D eigenvalue weighted by Crippen LogP contribution is 2.27. The minimum Gasteiger partial charge on any atom is -0.437 e. The molecule has 0 atom stereocenters. The molecule has 160 valence electrons. The van der Waals surface area contributed by atoms with Crippen molar-refractivity contribution in [3.8, 4) is 11.6 Å². The van der Waals surface area contributed by atoms with E-state index in [1.54, 1.807) is 12.4 Å². The van der Waals surface area contributed by atoms with Crippen molar-refractivity contribution < 1.29 is 4.74 Å². The summed E-state index contributed by atoms with van der Waals surface area (Å²) in [5.74, 6) is 2.20. The number of aryl methyl sites for hydroxylation is 1. The van der Waals surface area contributed by atoms with E-state index in [0.717, 1.165) is 35.1 Å². The maximum Gasteiger partial charge on any atom is 0.240 e. The highest BCUT2D eigenvalue weighted by molar-refractivity contribution is 6.01. The average Bonchev–Trinajstić information content (AvgIpc) is 3.23. The van der Waals surface area contributed by atoms with Gasteiger partial charge in [0, 0.05) is 24.5 Å². The summed E-state index contributed by atoms with van der Waals surface area (Å²) < 4.78 is 5.75. The first kappa shape index (κ1) is 24.8. The maximum atomic E-state index is 5.75. The van der Waals surface area contributed by atoms with Gasteiger partial charge in [0.15, 0.2) is 0 Å². The molecule has 0 radical (unpaired) electrons. The number of hydrogen-bond acceptors (Lipinski definition) is 5. The molecule has 4 rings (SSSR count). The summed E-state index contributed by atoms with van der Waals surface area (Å²) in [4.78, 5) is 13.0. The fraction of sp³-hybridized carbons (Fsp3) is 0.320. The molecule has 0 amide bonds. The lowest BCUT2D eigenvalue weighted by atomic mass is 10.1. The molecule has 5 nitrogen and oxygen atoms in total. The number of para-hydroxylation sites is 1. The summed E-state index contributed by atoms with van der Waals surface area (Å²) in [6.07, 6.45) is 4.09. The fourth-order valence-corrected chi connectivity index (χ4v) is 2.59. The third-order valence-corrected chi connectivity index (χ3v) is 3.80. The quantitative estimate of drug-likeness (QED) is 0.494. The fourth-order valence-electron chi connectivity index (χ4n) is 2.59. The Bertz CT molecular complexity index is 905. The van der Waals surface area contributed by atoms with Crippen molar-refractivity contribution in [3.05, 3.63) is 72.2 Å². The average molecular weight is 407 g/mol. The Balaban J connectivity index is 0.000000691. The van der Waals surface area contributed by atoms with Crippen molar-refractivity contribution in [3.63, 3.8) is 0 Å². The van der Waals surface area contributed by atoms with E-state index in [9.17, 15) is 0 Å². The SMILES string of the molecule is CC.CC.CC.Cc1nccnc1Oc1ccc(NC2=Nc3ccccc3C2)cc1. The van der Waals surface area contributed by atoms with Crippen LogP contribution in [0, 0.1) is 6.92 Å². The molecule has 1 aliphatic rings. The lowest BCUT2D eigenvalue weighted by Gasteiger charge is -2.09. The summed E-state index contributed by atoms with van der Waals surface area (Å²) in [7, 11) is 0. The monoisotopic (exact) mass is 406 g/mol. The van der Waals surface area contributed by atoms with Gasteiger partial charge < -0.3 is 10.1 Å². The molecule has 2 aromatic carbocycles. The summed E-state index contributed by atoms with van der Waals surface area (Å²) in [6, 6.07) is 15.9. The van der Waals surface area contributed by atoms with Gasteiger partial charge in [-0.05, 0) is 42.8 Å². The van der Waals surface area contributed by atoms with Gasteiger partial charge in [-0.3, -0.25) is 4.98 Å². The van der Waals surface area contributed by atoms with Crippen LogP contribution in [0.1, 0.15) is 52.8 Å². The molecule has 0 fully saturated rings. The second kappa shape index (κ2) is 13.9. The lowest BCUT2D eigenvalue weighted by molar-refractivity contribution is 0.455. The number of aromatic nitrogens is 2. The second-order valence-corrected chi connectivity index (χ2v) is 5.56. The van der Waals surface area contributed by atoms with Crippen molar-refractivity contribution in [2.75, 3.05) is 5.32 Å². The first-order valence-electron chi connectivity index (χ1n) is 10.8. The minimum atomic E-state index is 0.522. The van der Waals surface area contributed by atoms with Crippen LogP contribution in [0.5, 0.6) is 11.6 Å². The molecule has 3 aromatic rings. The highest BCUT2D eigenvalue weighted by atomic mass is 16.5. The van der Waals surface area contributed by atoms with E-state index < -0.39 is 0 Å². The van der Waals surface area contributed by atoms with Gasteiger partial charge in [0.25, 0.3) is 0 Å². The Labute approximate surface area is 181 Å². The number of aliphatic imine (C=N–C) groups is 1. The van der Waals surface area contributed by atoms with Crippen molar-refractivity contribution in [1.82, 2.24) is 9.97 Å². The number of nitrogens with one attached hydrogen (secondary N) is 1. The molecule has 0 bridgehead atoms. The molecule has 0 aliphatic carbocycles. The lowest BCUT2D eigenvalue weighted by Crippen LogP contribution is -2.11. The Morgan fingerprint density at radius 1 is 0.800 bits per heavy atom. The standard InChI is InChI=1S/C19H16N4O.3C2H6/c1-13-19(21-11-10-20-13)24-16-8-6-15(7-9-16)22-18-12-14-4-2-3-5-17(14)23-18;3*1-2/h2-11H,12H2,1H3,(H,22,23);3*1-2H3. The molecular weight excluding hydrogens is 372 g/mol. The van der Waals surface area contributed by atoms with Crippen LogP contribution in [-0.2, 0) is 6.42 Å². The van der Waals surface area contributed by atoms with Gasteiger partial charge in [-0.1, -0.05) is 59.7 Å². The molecule has 0 saturated carbocycles. The van der Waals surface area contributed by atoms with Crippen LogP contribution >= 0.6 is 0 Å². The van der Waals surface area contributed by atoms with Gasteiger partial charge in [0.2, 0.25) is 5.88 Å². The number of nitrogens with zero attached hydrogens (tertiary/aromatic N) is 3. The predicted molar refractivity (Wildman–Crippen MR) is 128 cm³/mol. The molecule has 1 aliphatic heterocycles. The van der Waals surface area contributed by atoms with Gasteiger partial charge in [-0.25, -0.2) is 9.98 Å². The topological polar surface area (TPSA) is 59.4 Å². The largest absolute Gasteiger partial charge is 0.437 e. The first-order valence-corrected chi connectivity index (χ1v) is 10.8. The molecule has 5 heteroatoms. The first-order chi connectivity index (χ1) is 14.8. The zero-order valence-electron chi connectivity index (χ0n) is 19.2. The van der Waals surface area contributed by atoms with Crippen LogP contribution in [0.4, 0.5) is 11.4 Å². The summed E-state index contributed by atoms with van der Waals surface area (Å²) in [5.41, 5.74) is 4.03. The van der Waals surface area contributed by atoms with Crippen LogP contribution in [0.3, 0.4) is 0 Å². The third-order valence-electron chi connectivity index (χ3n) is 3.80. The Morgan fingerprint density at radius 2 is 1.43 bits per heavy atom. The molecule has 0 spiro atoms. The molecular formula is C25H34N4O. The summed E-state index contributed by atoms with van der Waals surface area (Å²) in [6.45, 7) is 13.9. The van der Waals surface area contributed by atoms with E-state index in [2.05, 4.69) is 26.3 Å². The molecule has 1 aromatic heterocycles. The van der Waals surface area contributed by atoms with Crippen molar-refractivity contribution in [2.24, 2.45) is 4.99 Å². The maximum absolute atomic E-state index is 5.75. The van der Waals surface area contributed by atoms with Gasteiger partial charge in [0.1, 0.15) is 11.6 Å². The van der Waals surface area contributed by atoms with Crippen molar-refractivity contribution in [1.29, 1.82) is 0 Å². The molecule has 0 saturated heterocycles. The number of anilines is 1. The van der Waals surface area contributed by atoms with Gasteiger partial charge in [0.05, 0.1) is 11.4 Å². The van der Waals surface area contributed by atoms with Crippen LogP contribution in [0.25, 0.3) is 0 Å². The number of fused-ring (bicyclic) bond motifs is 1. The van der Waals surface area contributed by atoms with E-state index in [4.69, 9.17) is 4.74 Å². The number of ether oxygens (including phenoxy) is 1. The van der Waals surface area contributed by atoms with Crippen LogP contribution in [-0.4, -0.2) is 15.8 Å². The van der Waals surface area contributed by atoms with Crippen LogP contribution in [0.2, 0.25) is 0 Å². The summed E-state index contributed by atoms with van der Waals surface area (Å²) >= 11 is 0. The molecule has 1 N–H and O–H groups in total. The normalized spacial score (nSPS) is 10.6. The van der Waals surface area contributed by atoms with Gasteiger partial charge in [-0.15, -0.1) is 0 Å². The Morgan fingerprint density at radius 3 is 2.07 bits per heavy atom. The predicted octanol–water partition coefficient (Wildman–Crippen LogP) is 7.35. The molecule has 30 heavy (non-hydrogen) atoms. The van der Waals surface area contributed by atoms with Crippen LogP contribution in [0.15, 0.2) is 65.9 Å². The van der Waals surface area contributed by atoms with E-state index in [-0.39, 0.29) is 0 Å². The number of amidine groups is 1. The third kappa shape index (κ3) is 6.99. The van der Waals surface area contributed by atoms with E-state index in [1.165, 1.54) is 5.56 Å². The number of rotatable bonds is 3. The van der Waals surface area contributed by atoms with E-state index >= 15 is 0 Å². The smallest absolute Gasteiger partial charge is 0.240 e. The minimum absolute atomic E-state index is 0.522.